The van der Waals surface area contributed by atoms with Crippen molar-refractivity contribution in [2.75, 3.05) is 16.8 Å². The summed E-state index contributed by atoms with van der Waals surface area (Å²) in [5.74, 6) is 1.10. The molecule has 1 saturated heterocycles. The van der Waals surface area contributed by atoms with Crippen LogP contribution in [-0.4, -0.2) is 40.6 Å². The molecule has 4 rings (SSSR count). The largest absolute Gasteiger partial charge is 0.487 e. The van der Waals surface area contributed by atoms with E-state index in [4.69, 9.17) is 4.74 Å². The van der Waals surface area contributed by atoms with E-state index in [9.17, 15) is 13.2 Å². The quantitative estimate of drug-likeness (QED) is 0.528. The Kier molecular flexibility index (Phi) is 6.43. The summed E-state index contributed by atoms with van der Waals surface area (Å²) in [4.78, 5) is 16.8. The number of sulfone groups is 1. The number of hydrogen-bond acceptors (Lipinski definition) is 7. The summed E-state index contributed by atoms with van der Waals surface area (Å²) in [5, 5.41) is 10.2. The maximum atomic E-state index is 12.4. The van der Waals surface area contributed by atoms with Gasteiger partial charge in [-0.3, -0.25) is 4.79 Å². The monoisotopic (exact) mass is 472 g/mol. The van der Waals surface area contributed by atoms with E-state index in [0.717, 1.165) is 27.7 Å². The molecule has 3 heterocycles. The molecule has 32 heavy (non-hydrogen) atoms. The van der Waals surface area contributed by atoms with Crippen LogP contribution in [0.5, 0.6) is 5.75 Å². The van der Waals surface area contributed by atoms with Crippen molar-refractivity contribution in [1.29, 1.82) is 0 Å². The molecule has 0 spiro atoms. The van der Waals surface area contributed by atoms with E-state index < -0.39 is 9.84 Å². The van der Waals surface area contributed by atoms with Gasteiger partial charge in [-0.2, -0.15) is 5.10 Å². The zero-order valence-corrected chi connectivity index (χ0v) is 19.4. The predicted octanol–water partition coefficient (Wildman–Crippen LogP) is 3.55. The molecule has 1 aliphatic heterocycles. The number of hydrogen-bond donors (Lipinski definition) is 1. The van der Waals surface area contributed by atoms with Gasteiger partial charge in [0.1, 0.15) is 18.2 Å². The van der Waals surface area contributed by atoms with E-state index >= 15 is 0 Å². The van der Waals surface area contributed by atoms with Gasteiger partial charge in [0.2, 0.25) is 5.91 Å². The molecule has 168 valence electrons. The first-order chi connectivity index (χ1) is 15.3. The van der Waals surface area contributed by atoms with Crippen LogP contribution in [0.4, 0.5) is 5.82 Å². The zero-order chi connectivity index (χ0) is 22.7. The van der Waals surface area contributed by atoms with Gasteiger partial charge in [0.15, 0.2) is 9.84 Å². The maximum absolute atomic E-state index is 12.4. The van der Waals surface area contributed by atoms with Crippen LogP contribution in [0.25, 0.3) is 6.08 Å². The van der Waals surface area contributed by atoms with Gasteiger partial charge >= 0.3 is 0 Å². The molecular weight excluding hydrogens is 448 g/mol. The molecule has 1 unspecified atom stereocenters. The van der Waals surface area contributed by atoms with Gasteiger partial charge in [0.25, 0.3) is 0 Å². The smallest absolute Gasteiger partial charge is 0.249 e. The van der Waals surface area contributed by atoms with Crippen molar-refractivity contribution in [1.82, 2.24) is 14.8 Å². The molecule has 0 aliphatic carbocycles. The lowest BCUT2D eigenvalue weighted by molar-refractivity contribution is -0.111. The SMILES string of the molecule is Cc1cc(NC(=O)/C=C/c2ccc(OCc3csc(C)n3)cc2)n(C2CCS(=O)(=O)C2)n1. The molecule has 0 saturated carbocycles. The van der Waals surface area contributed by atoms with E-state index in [1.807, 2.05) is 43.5 Å². The number of nitrogens with zero attached hydrogens (tertiary/aromatic N) is 3. The lowest BCUT2D eigenvalue weighted by atomic mass is 10.2. The second-order valence-corrected chi connectivity index (χ2v) is 11.0. The van der Waals surface area contributed by atoms with Crippen molar-refractivity contribution in [3.8, 4) is 5.75 Å². The number of benzene rings is 1. The summed E-state index contributed by atoms with van der Waals surface area (Å²) in [6.07, 6.45) is 3.64. The van der Waals surface area contributed by atoms with E-state index in [0.29, 0.717) is 18.8 Å². The summed E-state index contributed by atoms with van der Waals surface area (Å²) in [7, 11) is -3.05. The van der Waals surface area contributed by atoms with Crippen molar-refractivity contribution < 1.29 is 17.9 Å². The standard InChI is InChI=1S/C22H24N4O4S2/c1-15-11-21(26(25-15)19-9-10-32(28,29)14-19)24-22(27)8-5-17-3-6-20(7-4-17)30-12-18-13-31-16(2)23-18/h3-8,11,13,19H,9-10,12,14H2,1-2H3,(H,24,27)/b8-5+. The predicted molar refractivity (Wildman–Crippen MR) is 125 cm³/mol. The third-order valence-corrected chi connectivity index (χ3v) is 7.60. The summed E-state index contributed by atoms with van der Waals surface area (Å²) in [6, 6.07) is 8.90. The molecule has 10 heteroatoms. The van der Waals surface area contributed by atoms with Gasteiger partial charge in [-0.15, -0.1) is 11.3 Å². The Hall–Kier alpha value is -2.98. The number of rotatable bonds is 7. The van der Waals surface area contributed by atoms with Crippen molar-refractivity contribution >= 4 is 39.0 Å². The average molecular weight is 473 g/mol. The number of carbonyl (C=O) groups is 1. The Labute approximate surface area is 190 Å². The van der Waals surface area contributed by atoms with Crippen molar-refractivity contribution in [2.45, 2.75) is 32.9 Å². The van der Waals surface area contributed by atoms with Crippen LogP contribution < -0.4 is 10.1 Å². The minimum Gasteiger partial charge on any atom is -0.487 e. The van der Waals surface area contributed by atoms with Crippen LogP contribution >= 0.6 is 11.3 Å². The summed E-state index contributed by atoms with van der Waals surface area (Å²) in [5.41, 5.74) is 2.47. The number of carbonyl (C=O) groups excluding carboxylic acids is 1. The molecule has 1 aromatic carbocycles. The maximum Gasteiger partial charge on any atom is 0.249 e. The Bertz CT molecular complexity index is 1240. The number of thiazole rings is 1. The van der Waals surface area contributed by atoms with Crippen LogP contribution in [0.2, 0.25) is 0 Å². The minimum atomic E-state index is -3.05. The van der Waals surface area contributed by atoms with Gasteiger partial charge in [-0.05, 0) is 44.0 Å². The van der Waals surface area contributed by atoms with Gasteiger partial charge in [-0.1, -0.05) is 12.1 Å². The normalized spacial score (nSPS) is 17.6. The highest BCUT2D eigenvalue weighted by atomic mass is 32.2. The van der Waals surface area contributed by atoms with E-state index in [2.05, 4.69) is 15.4 Å². The number of aromatic nitrogens is 3. The van der Waals surface area contributed by atoms with E-state index in [-0.39, 0.29) is 23.5 Å². The van der Waals surface area contributed by atoms with E-state index in [1.165, 1.54) is 6.08 Å². The first kappa shape index (κ1) is 22.2. The summed E-state index contributed by atoms with van der Waals surface area (Å²) >= 11 is 1.59. The highest BCUT2D eigenvalue weighted by Gasteiger charge is 2.31. The Morgan fingerprint density at radius 2 is 2.09 bits per heavy atom. The minimum absolute atomic E-state index is 0.0450. The molecule has 1 atom stereocenters. The molecule has 1 amide bonds. The van der Waals surface area contributed by atoms with Crippen LogP contribution in [0.1, 0.15) is 34.4 Å². The fourth-order valence-electron chi connectivity index (χ4n) is 3.50. The summed E-state index contributed by atoms with van der Waals surface area (Å²) in [6.45, 7) is 4.18. The molecule has 0 bridgehead atoms. The lowest BCUT2D eigenvalue weighted by Crippen LogP contribution is -2.18. The molecular formula is C22H24N4O4S2. The molecule has 1 N–H and O–H groups in total. The van der Waals surface area contributed by atoms with Crippen molar-refractivity contribution in [3.63, 3.8) is 0 Å². The molecule has 1 aliphatic rings. The van der Waals surface area contributed by atoms with Crippen LogP contribution in [0.15, 0.2) is 41.8 Å². The van der Waals surface area contributed by atoms with E-state index in [1.54, 1.807) is 28.2 Å². The third kappa shape index (κ3) is 5.63. The topological polar surface area (TPSA) is 103 Å². The third-order valence-electron chi connectivity index (χ3n) is 5.02. The molecule has 3 aromatic rings. The highest BCUT2D eigenvalue weighted by Crippen LogP contribution is 2.27. The Balaban J connectivity index is 1.35. The molecule has 2 aromatic heterocycles. The van der Waals surface area contributed by atoms with Crippen LogP contribution in [0, 0.1) is 13.8 Å². The fourth-order valence-corrected chi connectivity index (χ4v) is 5.79. The fraction of sp³-hybridized carbons (Fsp3) is 0.318. The lowest BCUT2D eigenvalue weighted by Gasteiger charge is -2.13. The highest BCUT2D eigenvalue weighted by molar-refractivity contribution is 7.91. The van der Waals surface area contributed by atoms with Crippen molar-refractivity contribution in [3.05, 3.63) is 63.7 Å². The number of aryl methyl sites for hydroxylation is 2. The van der Waals surface area contributed by atoms with Crippen molar-refractivity contribution in [2.24, 2.45) is 0 Å². The first-order valence-corrected chi connectivity index (χ1v) is 12.9. The number of ether oxygens (including phenoxy) is 1. The van der Waals surface area contributed by atoms with Gasteiger partial charge in [-0.25, -0.2) is 18.1 Å². The average Bonchev–Trinajstić information content (AvgIpc) is 3.43. The molecule has 0 radical (unpaired) electrons. The van der Waals surface area contributed by atoms with Gasteiger partial charge in [0.05, 0.1) is 33.9 Å². The zero-order valence-electron chi connectivity index (χ0n) is 17.8. The molecule has 1 fully saturated rings. The first-order valence-electron chi connectivity index (χ1n) is 10.2. The number of anilines is 1. The second-order valence-electron chi connectivity index (χ2n) is 7.71. The Morgan fingerprint density at radius 3 is 2.75 bits per heavy atom. The van der Waals surface area contributed by atoms with Gasteiger partial charge in [0, 0.05) is 17.5 Å². The second kappa shape index (κ2) is 9.25. The van der Waals surface area contributed by atoms with Crippen LogP contribution in [0.3, 0.4) is 0 Å². The summed E-state index contributed by atoms with van der Waals surface area (Å²) < 4.78 is 30.9. The molecule has 8 nitrogen and oxygen atoms in total. The number of amides is 1. The number of nitrogens with one attached hydrogen (secondary N) is 1. The Morgan fingerprint density at radius 1 is 1.31 bits per heavy atom. The van der Waals surface area contributed by atoms with Gasteiger partial charge < -0.3 is 10.1 Å². The van der Waals surface area contributed by atoms with Crippen LogP contribution in [-0.2, 0) is 21.2 Å².